The Kier molecular flexibility index (Phi) is 2.73. The smallest absolute Gasteiger partial charge is 0.379 e. The van der Waals surface area contributed by atoms with E-state index in [0.717, 1.165) is 13.4 Å². The summed E-state index contributed by atoms with van der Waals surface area (Å²) >= 11 is 4.67. The summed E-state index contributed by atoms with van der Waals surface area (Å²) in [6.45, 7) is -2.85. The Morgan fingerprint density at radius 3 is 2.50 bits per heavy atom. The highest BCUT2D eigenvalue weighted by molar-refractivity contribution is 8.07. The van der Waals surface area contributed by atoms with Crippen LogP contribution in [0.25, 0.3) is 0 Å². The molecular weight excluding hydrogens is 227 g/mol. The second-order valence-electron chi connectivity index (χ2n) is 2.03. The van der Waals surface area contributed by atoms with E-state index in [2.05, 4.69) is 25.6 Å². The van der Waals surface area contributed by atoms with Gasteiger partial charge < -0.3 is 18.3 Å². The van der Waals surface area contributed by atoms with E-state index in [-0.39, 0.29) is 5.57 Å². The third-order valence-electron chi connectivity index (χ3n) is 1.09. The van der Waals surface area contributed by atoms with E-state index in [1.54, 1.807) is 0 Å². The summed E-state index contributed by atoms with van der Waals surface area (Å²) in [5.41, 5.74) is -0.0787. The molecule has 0 amide bonds. The highest BCUT2D eigenvalue weighted by Crippen LogP contribution is 2.48. The molecule has 0 unspecified atom stereocenters. The molecule has 0 aliphatic rings. The Labute approximate surface area is 96.7 Å². The van der Waals surface area contributed by atoms with Crippen LogP contribution in [0.5, 0.6) is 0 Å². The maximum Gasteiger partial charge on any atom is 0.379 e. The van der Waals surface area contributed by atoms with Crippen LogP contribution in [0.2, 0.25) is 0 Å². The summed E-state index contributed by atoms with van der Waals surface area (Å²) in [4.78, 5) is 11.1. The average Bonchev–Trinajstić information content (AvgIpc) is 2.19. The van der Waals surface area contributed by atoms with E-state index in [1.807, 2.05) is 0 Å². The number of carbonyl (C=O) groups is 1. The third-order valence-corrected chi connectivity index (χ3v) is 2.61. The van der Waals surface area contributed by atoms with Crippen molar-refractivity contribution in [1.82, 2.24) is 0 Å². The Bertz CT molecular complexity index is 410. The summed E-state index contributed by atoms with van der Waals surface area (Å²) < 4.78 is 59.4. The van der Waals surface area contributed by atoms with Crippen molar-refractivity contribution in [3.8, 4) is 0 Å². The van der Waals surface area contributed by atoms with Crippen LogP contribution in [-0.2, 0) is 34.9 Å². The van der Waals surface area contributed by atoms with Crippen LogP contribution >= 0.6 is 6.72 Å². The van der Waals surface area contributed by atoms with Gasteiger partial charge in [0.15, 0.2) is 0 Å². The largest absolute Gasteiger partial charge is 0.466 e. The lowest BCUT2D eigenvalue weighted by Crippen LogP contribution is -2.02. The fourth-order valence-corrected chi connectivity index (χ4v) is 0.954. The number of methoxy groups -OCH3 is 1. The van der Waals surface area contributed by atoms with E-state index >= 15 is 0 Å². The molecule has 0 atom stereocenters. The Hall–Kier alpha value is -0.420. The molecule has 0 saturated heterocycles. The number of hydrogen-bond donors (Lipinski definition) is 0. The van der Waals surface area contributed by atoms with E-state index < -0.39 is 26.8 Å². The standard InChI is InChI=1S/C7H13O5PS/c1-6(7(8)9-2)5-12-13(14,10-3)11-4/h5H,1-4H3/b6-5+/i3D3,4D3. The molecule has 0 aliphatic carbocycles. The van der Waals surface area contributed by atoms with Crippen LogP contribution in [-0.4, -0.2) is 27.2 Å². The molecule has 14 heavy (non-hydrogen) atoms. The van der Waals surface area contributed by atoms with Crippen LogP contribution in [0.3, 0.4) is 0 Å². The van der Waals surface area contributed by atoms with Crippen molar-refractivity contribution in [3.63, 3.8) is 0 Å². The number of hydrogen-bond acceptors (Lipinski definition) is 6. The molecule has 7 heteroatoms. The first-order chi connectivity index (χ1) is 8.78. The molecule has 0 aromatic rings. The summed E-state index contributed by atoms with van der Waals surface area (Å²) in [6.07, 6.45) is 0.740. The Morgan fingerprint density at radius 2 is 2.07 bits per heavy atom. The van der Waals surface area contributed by atoms with Gasteiger partial charge in [0.05, 0.1) is 20.9 Å². The number of carbonyl (C=O) groups excluding carboxylic acids is 1. The third kappa shape index (κ3) is 4.19. The van der Waals surface area contributed by atoms with Gasteiger partial charge in [0.2, 0.25) is 0 Å². The van der Waals surface area contributed by atoms with Crippen molar-refractivity contribution >= 4 is 24.5 Å². The van der Waals surface area contributed by atoms with Gasteiger partial charge in [-0.05, 0) is 6.92 Å². The molecule has 0 radical (unpaired) electrons. The zero-order valence-corrected chi connectivity index (χ0v) is 9.18. The zero-order valence-electron chi connectivity index (χ0n) is 13.5. The number of ether oxygens (including phenoxy) is 1. The first-order valence-electron chi connectivity index (χ1n) is 6.23. The van der Waals surface area contributed by atoms with Crippen molar-refractivity contribution in [1.29, 1.82) is 0 Å². The van der Waals surface area contributed by atoms with Gasteiger partial charge in [0.25, 0.3) is 0 Å². The van der Waals surface area contributed by atoms with E-state index in [0.29, 0.717) is 0 Å². The zero-order chi connectivity index (χ0) is 16.2. The molecule has 0 fully saturated rings. The fourth-order valence-electron chi connectivity index (χ4n) is 0.414. The molecule has 0 spiro atoms. The molecule has 0 rings (SSSR count). The van der Waals surface area contributed by atoms with Crippen LogP contribution < -0.4 is 0 Å². The molecule has 82 valence electrons. The predicted molar refractivity (Wildman–Crippen MR) is 55.2 cm³/mol. The number of esters is 1. The molecule has 0 bridgehead atoms. The molecule has 0 aromatic heterocycles. The minimum Gasteiger partial charge on any atom is -0.466 e. The SMILES string of the molecule is [2H]C([2H])([2H])OP(=S)(O/C=C(\C)C(=O)OC)OC([2H])([2H])[2H]. The summed E-state index contributed by atoms with van der Waals surface area (Å²) in [5, 5.41) is 0. The monoisotopic (exact) mass is 246 g/mol. The maximum atomic E-state index is 11.1. The normalized spacial score (nSPS) is 20.6. The summed E-state index contributed by atoms with van der Waals surface area (Å²) in [7, 11) is -4.92. The van der Waals surface area contributed by atoms with Gasteiger partial charge in [-0.2, -0.15) is 0 Å². The summed E-state index contributed by atoms with van der Waals surface area (Å²) in [6, 6.07) is 0. The first kappa shape index (κ1) is 6.23. The highest BCUT2D eigenvalue weighted by Gasteiger charge is 2.16. The molecule has 0 aromatic carbocycles. The lowest BCUT2D eigenvalue weighted by Gasteiger charge is -2.15. The molecule has 5 nitrogen and oxygen atoms in total. The van der Waals surface area contributed by atoms with Crippen molar-refractivity contribution < 1.29 is 31.3 Å². The van der Waals surface area contributed by atoms with Gasteiger partial charge in [0.1, 0.15) is 6.26 Å². The predicted octanol–water partition coefficient (Wildman–Crippen LogP) is 1.60. The number of rotatable bonds is 5. The second kappa shape index (κ2) is 6.14. The molecule has 0 aliphatic heterocycles. The minimum absolute atomic E-state index is 0.0787. The van der Waals surface area contributed by atoms with Crippen molar-refractivity contribution in [3.05, 3.63) is 11.8 Å². The molecular formula is C7H13O5PS. The molecule has 0 heterocycles. The molecule has 0 saturated carbocycles. The highest BCUT2D eigenvalue weighted by atomic mass is 32.5. The van der Waals surface area contributed by atoms with Crippen LogP contribution in [0.15, 0.2) is 11.8 Å². The lowest BCUT2D eigenvalue weighted by atomic mass is 10.3. The quantitative estimate of drug-likeness (QED) is 0.318. The Morgan fingerprint density at radius 1 is 1.50 bits per heavy atom. The van der Waals surface area contributed by atoms with Crippen LogP contribution in [0.1, 0.15) is 15.1 Å². The molecule has 0 N–H and O–H groups in total. The van der Waals surface area contributed by atoms with Gasteiger partial charge in [-0.25, -0.2) is 4.79 Å². The van der Waals surface area contributed by atoms with Gasteiger partial charge in [-0.15, -0.1) is 0 Å². The average molecular weight is 246 g/mol. The Balaban J connectivity index is 5.15. The van der Waals surface area contributed by atoms with E-state index in [9.17, 15) is 4.79 Å². The van der Waals surface area contributed by atoms with Gasteiger partial charge in [0, 0.05) is 25.9 Å². The van der Waals surface area contributed by atoms with Crippen LogP contribution in [0, 0.1) is 0 Å². The topological polar surface area (TPSA) is 54.0 Å². The minimum atomic E-state index is -4.14. The van der Waals surface area contributed by atoms with Crippen molar-refractivity contribution in [2.45, 2.75) is 6.92 Å². The maximum absolute atomic E-state index is 11.1. The van der Waals surface area contributed by atoms with Gasteiger partial charge >= 0.3 is 12.7 Å². The second-order valence-corrected chi connectivity index (χ2v) is 4.84. The summed E-state index contributed by atoms with van der Waals surface area (Å²) in [5.74, 6) is -0.769. The van der Waals surface area contributed by atoms with Crippen molar-refractivity contribution in [2.24, 2.45) is 0 Å². The first-order valence-corrected chi connectivity index (χ1v) is 5.79. The van der Waals surface area contributed by atoms with Crippen molar-refractivity contribution in [2.75, 3.05) is 21.2 Å². The van der Waals surface area contributed by atoms with E-state index in [1.165, 1.54) is 6.92 Å². The van der Waals surface area contributed by atoms with Crippen LogP contribution in [0.4, 0.5) is 0 Å². The fraction of sp³-hybridized carbons (Fsp3) is 0.571. The van der Waals surface area contributed by atoms with E-state index in [4.69, 9.17) is 12.7 Å². The van der Waals surface area contributed by atoms with Gasteiger partial charge in [-0.1, -0.05) is 0 Å². The van der Waals surface area contributed by atoms with Gasteiger partial charge in [-0.3, -0.25) is 0 Å². The lowest BCUT2D eigenvalue weighted by molar-refractivity contribution is -0.136.